The summed E-state index contributed by atoms with van der Waals surface area (Å²) in [7, 11) is 0. The molecule has 0 aliphatic rings. The average Bonchev–Trinajstić information content (AvgIpc) is 2.69. The minimum Gasteiger partial charge on any atom is -0.365 e. The van der Waals surface area contributed by atoms with Gasteiger partial charge in [0.2, 0.25) is 0 Å². The Labute approximate surface area is 90.8 Å². The van der Waals surface area contributed by atoms with Gasteiger partial charge in [-0.1, -0.05) is 11.6 Å². The first-order valence-electron chi connectivity index (χ1n) is 4.07. The van der Waals surface area contributed by atoms with Crippen molar-refractivity contribution in [1.29, 1.82) is 0 Å². The lowest BCUT2D eigenvalue weighted by molar-refractivity contribution is 1.09. The van der Waals surface area contributed by atoms with E-state index in [1.807, 2.05) is 5.38 Å². The molecule has 2 aromatic rings. The van der Waals surface area contributed by atoms with Crippen molar-refractivity contribution in [2.24, 2.45) is 0 Å². The molecule has 0 saturated carbocycles. The molecule has 3 nitrogen and oxygen atoms in total. The van der Waals surface area contributed by atoms with Crippen LogP contribution in [-0.2, 0) is 6.54 Å². The fourth-order valence-corrected chi connectivity index (χ4v) is 1.86. The third-order valence-electron chi connectivity index (χ3n) is 1.71. The monoisotopic (exact) mass is 225 g/mol. The SMILES string of the molecule is Clc1cncnc1NCc1ccsc1. The second-order valence-electron chi connectivity index (χ2n) is 2.70. The van der Waals surface area contributed by atoms with E-state index in [1.54, 1.807) is 17.5 Å². The maximum Gasteiger partial charge on any atom is 0.148 e. The van der Waals surface area contributed by atoms with Crippen LogP contribution < -0.4 is 5.32 Å². The van der Waals surface area contributed by atoms with Gasteiger partial charge >= 0.3 is 0 Å². The molecule has 0 unspecified atom stereocenters. The number of anilines is 1. The highest BCUT2D eigenvalue weighted by molar-refractivity contribution is 7.07. The lowest BCUT2D eigenvalue weighted by atomic mass is 10.3. The zero-order valence-corrected chi connectivity index (χ0v) is 8.85. The Hall–Kier alpha value is -1.13. The first-order chi connectivity index (χ1) is 6.86. The number of hydrogen-bond donors (Lipinski definition) is 1. The lowest BCUT2D eigenvalue weighted by Crippen LogP contribution is -2.00. The molecular formula is C9H8ClN3S. The molecule has 0 amide bonds. The fraction of sp³-hybridized carbons (Fsp3) is 0.111. The topological polar surface area (TPSA) is 37.8 Å². The summed E-state index contributed by atoms with van der Waals surface area (Å²) in [5, 5.41) is 7.81. The van der Waals surface area contributed by atoms with Crippen molar-refractivity contribution >= 4 is 28.8 Å². The van der Waals surface area contributed by atoms with Crippen LogP contribution >= 0.6 is 22.9 Å². The minimum atomic E-state index is 0.544. The fourth-order valence-electron chi connectivity index (χ4n) is 1.02. The number of halogens is 1. The highest BCUT2D eigenvalue weighted by Gasteiger charge is 2.00. The molecule has 72 valence electrons. The molecule has 0 atom stereocenters. The second-order valence-corrected chi connectivity index (χ2v) is 3.89. The number of hydrogen-bond acceptors (Lipinski definition) is 4. The first kappa shape index (κ1) is 9.43. The molecule has 2 aromatic heterocycles. The number of nitrogens with one attached hydrogen (secondary N) is 1. The van der Waals surface area contributed by atoms with Gasteiger partial charge in [-0.15, -0.1) is 0 Å². The third-order valence-corrected chi connectivity index (χ3v) is 2.72. The molecule has 5 heteroatoms. The molecule has 0 aromatic carbocycles. The molecule has 0 radical (unpaired) electrons. The summed E-state index contributed by atoms with van der Waals surface area (Å²) >= 11 is 7.55. The Balaban J connectivity index is 2.02. The Morgan fingerprint density at radius 1 is 1.50 bits per heavy atom. The molecule has 0 aliphatic heterocycles. The van der Waals surface area contributed by atoms with Crippen molar-refractivity contribution in [3.05, 3.63) is 39.9 Å². The van der Waals surface area contributed by atoms with E-state index in [-0.39, 0.29) is 0 Å². The normalized spacial score (nSPS) is 10.1. The van der Waals surface area contributed by atoms with Gasteiger partial charge in [0.1, 0.15) is 17.2 Å². The summed E-state index contributed by atoms with van der Waals surface area (Å²) in [5.74, 6) is 0.674. The van der Waals surface area contributed by atoms with E-state index < -0.39 is 0 Å². The highest BCUT2D eigenvalue weighted by atomic mass is 35.5. The maximum atomic E-state index is 5.88. The van der Waals surface area contributed by atoms with Gasteiger partial charge in [-0.2, -0.15) is 11.3 Å². The predicted molar refractivity (Wildman–Crippen MR) is 58.7 cm³/mol. The van der Waals surface area contributed by atoms with Crippen LogP contribution in [0.4, 0.5) is 5.82 Å². The lowest BCUT2D eigenvalue weighted by Gasteiger charge is -2.04. The van der Waals surface area contributed by atoms with E-state index in [4.69, 9.17) is 11.6 Å². The standard InChI is InChI=1S/C9H8ClN3S/c10-8-4-11-6-13-9(8)12-3-7-1-2-14-5-7/h1-2,4-6H,3H2,(H,11,12,13). The van der Waals surface area contributed by atoms with Gasteiger partial charge in [-0.05, 0) is 22.4 Å². The highest BCUT2D eigenvalue weighted by Crippen LogP contribution is 2.17. The Bertz CT molecular complexity index is 402. The third kappa shape index (κ3) is 2.21. The van der Waals surface area contributed by atoms with Crippen LogP contribution in [-0.4, -0.2) is 9.97 Å². The predicted octanol–water partition coefficient (Wildman–Crippen LogP) is 2.80. The summed E-state index contributed by atoms with van der Waals surface area (Å²) in [6.45, 7) is 0.736. The number of nitrogens with zero attached hydrogens (tertiary/aromatic N) is 2. The van der Waals surface area contributed by atoms with Crippen LogP contribution in [0.3, 0.4) is 0 Å². The van der Waals surface area contributed by atoms with E-state index in [2.05, 4.69) is 26.7 Å². The van der Waals surface area contributed by atoms with E-state index in [1.165, 1.54) is 11.9 Å². The Kier molecular flexibility index (Phi) is 2.96. The van der Waals surface area contributed by atoms with Crippen molar-refractivity contribution in [3.63, 3.8) is 0 Å². The molecule has 14 heavy (non-hydrogen) atoms. The number of thiophene rings is 1. The molecule has 0 saturated heterocycles. The quantitative estimate of drug-likeness (QED) is 0.873. The molecule has 0 spiro atoms. The van der Waals surface area contributed by atoms with E-state index in [0.29, 0.717) is 10.8 Å². The number of aromatic nitrogens is 2. The molecule has 0 fully saturated rings. The summed E-state index contributed by atoms with van der Waals surface area (Å²) in [6.07, 6.45) is 3.05. The van der Waals surface area contributed by atoms with E-state index >= 15 is 0 Å². The first-order valence-corrected chi connectivity index (χ1v) is 5.39. The van der Waals surface area contributed by atoms with Gasteiger partial charge in [0, 0.05) is 6.54 Å². The van der Waals surface area contributed by atoms with Crippen LogP contribution in [0.1, 0.15) is 5.56 Å². The van der Waals surface area contributed by atoms with Gasteiger partial charge in [-0.3, -0.25) is 0 Å². The molecule has 2 rings (SSSR count). The van der Waals surface area contributed by atoms with Crippen molar-refractivity contribution in [2.75, 3.05) is 5.32 Å². The van der Waals surface area contributed by atoms with Crippen LogP contribution in [0.2, 0.25) is 5.02 Å². The van der Waals surface area contributed by atoms with Crippen molar-refractivity contribution in [3.8, 4) is 0 Å². The van der Waals surface area contributed by atoms with E-state index in [0.717, 1.165) is 6.54 Å². The summed E-state index contributed by atoms with van der Waals surface area (Å²) < 4.78 is 0. The number of rotatable bonds is 3. The second kappa shape index (κ2) is 4.39. The van der Waals surface area contributed by atoms with Crippen molar-refractivity contribution in [2.45, 2.75) is 6.54 Å². The van der Waals surface area contributed by atoms with E-state index in [9.17, 15) is 0 Å². The molecular weight excluding hydrogens is 218 g/mol. The van der Waals surface area contributed by atoms with Gasteiger partial charge < -0.3 is 5.32 Å². The van der Waals surface area contributed by atoms with Gasteiger partial charge in [-0.25, -0.2) is 9.97 Å². The van der Waals surface area contributed by atoms with Crippen molar-refractivity contribution in [1.82, 2.24) is 9.97 Å². The smallest absolute Gasteiger partial charge is 0.148 e. The molecule has 0 aliphatic carbocycles. The van der Waals surface area contributed by atoms with Crippen LogP contribution in [0.5, 0.6) is 0 Å². The summed E-state index contributed by atoms with van der Waals surface area (Å²) in [6, 6.07) is 2.06. The van der Waals surface area contributed by atoms with Crippen molar-refractivity contribution < 1.29 is 0 Å². The molecule has 2 heterocycles. The Morgan fingerprint density at radius 2 is 2.43 bits per heavy atom. The Morgan fingerprint density at radius 3 is 3.14 bits per heavy atom. The van der Waals surface area contributed by atoms with Crippen LogP contribution in [0, 0.1) is 0 Å². The molecule has 1 N–H and O–H groups in total. The average molecular weight is 226 g/mol. The summed E-state index contributed by atoms with van der Waals surface area (Å²) in [5.41, 5.74) is 1.23. The zero-order valence-electron chi connectivity index (χ0n) is 7.27. The summed E-state index contributed by atoms with van der Waals surface area (Å²) in [4.78, 5) is 7.84. The van der Waals surface area contributed by atoms with Gasteiger partial charge in [0.05, 0.1) is 6.20 Å². The minimum absolute atomic E-state index is 0.544. The van der Waals surface area contributed by atoms with Gasteiger partial charge in [0.25, 0.3) is 0 Å². The zero-order chi connectivity index (χ0) is 9.80. The van der Waals surface area contributed by atoms with Crippen LogP contribution in [0.25, 0.3) is 0 Å². The largest absolute Gasteiger partial charge is 0.365 e. The molecule has 0 bridgehead atoms. The maximum absolute atomic E-state index is 5.88. The van der Waals surface area contributed by atoms with Crippen LogP contribution in [0.15, 0.2) is 29.4 Å². The van der Waals surface area contributed by atoms with Gasteiger partial charge in [0.15, 0.2) is 0 Å².